The van der Waals surface area contributed by atoms with Crippen LogP contribution >= 0.6 is 11.8 Å². The lowest BCUT2D eigenvalue weighted by Crippen LogP contribution is -2.05. The highest BCUT2D eigenvalue weighted by molar-refractivity contribution is 7.99. The van der Waals surface area contributed by atoms with Gasteiger partial charge in [-0.3, -0.25) is 9.48 Å². The van der Waals surface area contributed by atoms with Gasteiger partial charge in [0.2, 0.25) is 0 Å². The van der Waals surface area contributed by atoms with Crippen molar-refractivity contribution in [1.29, 1.82) is 0 Å². The third-order valence-corrected chi connectivity index (χ3v) is 4.11. The second-order valence-electron chi connectivity index (χ2n) is 5.05. The van der Waals surface area contributed by atoms with Gasteiger partial charge in [-0.25, -0.2) is 0 Å². The van der Waals surface area contributed by atoms with Crippen molar-refractivity contribution in [3.63, 3.8) is 0 Å². The Kier molecular flexibility index (Phi) is 5.44. The first-order chi connectivity index (χ1) is 10.1. The molecule has 1 aromatic carbocycles. The van der Waals surface area contributed by atoms with Crippen LogP contribution in [0.1, 0.15) is 30.2 Å². The van der Waals surface area contributed by atoms with Crippen molar-refractivity contribution in [2.24, 2.45) is 0 Å². The fraction of sp³-hybridized carbons (Fsp3) is 0.375. The molecule has 0 saturated heterocycles. The van der Waals surface area contributed by atoms with E-state index in [1.165, 1.54) is 22.9 Å². The molecular weight excluding hydrogens is 284 g/mol. The minimum absolute atomic E-state index is 0.0607. The maximum Gasteiger partial charge on any atom is 0.313 e. The third kappa shape index (κ3) is 4.63. The Morgan fingerprint density at radius 2 is 2.05 bits per heavy atom. The molecule has 1 heterocycles. The van der Waals surface area contributed by atoms with Crippen LogP contribution in [0.3, 0.4) is 0 Å². The first-order valence-electron chi connectivity index (χ1n) is 7.05. The summed E-state index contributed by atoms with van der Waals surface area (Å²) < 4.78 is 1.91. The molecule has 0 radical (unpaired) electrons. The number of aliphatic carboxylic acids is 1. The summed E-state index contributed by atoms with van der Waals surface area (Å²) >= 11 is 1.33. The minimum atomic E-state index is -0.805. The van der Waals surface area contributed by atoms with Crippen molar-refractivity contribution in [2.75, 3.05) is 5.75 Å². The molecule has 0 aliphatic rings. The molecule has 0 unspecified atom stereocenters. The van der Waals surface area contributed by atoms with Gasteiger partial charge in [0.15, 0.2) is 0 Å². The number of rotatable bonds is 7. The van der Waals surface area contributed by atoms with Crippen LogP contribution in [-0.4, -0.2) is 26.6 Å². The number of thioether (sulfide) groups is 1. The van der Waals surface area contributed by atoms with E-state index < -0.39 is 5.97 Å². The predicted molar refractivity (Wildman–Crippen MR) is 84.9 cm³/mol. The van der Waals surface area contributed by atoms with E-state index in [2.05, 4.69) is 43.2 Å². The minimum Gasteiger partial charge on any atom is -0.481 e. The zero-order valence-corrected chi connectivity index (χ0v) is 13.2. The van der Waals surface area contributed by atoms with Gasteiger partial charge < -0.3 is 5.11 Å². The van der Waals surface area contributed by atoms with E-state index in [-0.39, 0.29) is 5.75 Å². The number of hydrogen-bond acceptors (Lipinski definition) is 3. The molecule has 21 heavy (non-hydrogen) atoms. The van der Waals surface area contributed by atoms with Gasteiger partial charge in [0, 0.05) is 0 Å². The molecule has 2 aromatic rings. The Hall–Kier alpha value is -1.75. The van der Waals surface area contributed by atoms with Gasteiger partial charge in [-0.15, -0.1) is 0 Å². The lowest BCUT2D eigenvalue weighted by atomic mass is 10.1. The van der Waals surface area contributed by atoms with Gasteiger partial charge in [0.25, 0.3) is 0 Å². The first-order valence-corrected chi connectivity index (χ1v) is 8.04. The van der Waals surface area contributed by atoms with Gasteiger partial charge in [0.05, 0.1) is 23.0 Å². The zero-order valence-electron chi connectivity index (χ0n) is 12.4. The monoisotopic (exact) mass is 304 g/mol. The molecule has 1 N–H and O–H groups in total. The van der Waals surface area contributed by atoms with Crippen molar-refractivity contribution in [3.05, 3.63) is 47.2 Å². The lowest BCUT2D eigenvalue weighted by Gasteiger charge is -2.06. The van der Waals surface area contributed by atoms with Crippen LogP contribution in [0, 0.1) is 6.92 Å². The van der Waals surface area contributed by atoms with Gasteiger partial charge in [-0.2, -0.15) is 5.10 Å². The van der Waals surface area contributed by atoms with Gasteiger partial charge in [-0.05, 0) is 25.0 Å². The van der Waals surface area contributed by atoms with Crippen LogP contribution in [0.5, 0.6) is 0 Å². The maximum atomic E-state index is 10.8. The summed E-state index contributed by atoms with van der Waals surface area (Å²) in [5.41, 5.74) is 3.42. The number of carbonyl (C=O) groups is 1. The largest absolute Gasteiger partial charge is 0.481 e. The Labute approximate surface area is 129 Å². The maximum absolute atomic E-state index is 10.8. The normalized spacial score (nSPS) is 10.8. The van der Waals surface area contributed by atoms with Crippen LogP contribution in [0.4, 0.5) is 0 Å². The highest BCUT2D eigenvalue weighted by atomic mass is 32.2. The fourth-order valence-corrected chi connectivity index (χ4v) is 2.81. The standard InChI is InChI=1S/C16H20N2O2S/c1-3-4-14-9-15(21-11-16(19)20)18(17-14)10-13-7-5-12(2)6-8-13/h5-9H,3-4,10-11H2,1-2H3,(H,19,20). The number of benzene rings is 1. The molecular formula is C16H20N2O2S. The van der Waals surface area contributed by atoms with Crippen molar-refractivity contribution < 1.29 is 9.90 Å². The summed E-state index contributed by atoms with van der Waals surface area (Å²) in [7, 11) is 0. The van der Waals surface area contributed by atoms with E-state index in [1.807, 2.05) is 10.7 Å². The third-order valence-electron chi connectivity index (χ3n) is 3.10. The summed E-state index contributed by atoms with van der Waals surface area (Å²) in [5.74, 6) is -0.745. The van der Waals surface area contributed by atoms with Gasteiger partial charge in [0.1, 0.15) is 0 Å². The van der Waals surface area contributed by atoms with E-state index in [0.29, 0.717) is 6.54 Å². The van der Waals surface area contributed by atoms with E-state index in [9.17, 15) is 4.79 Å². The summed E-state index contributed by atoms with van der Waals surface area (Å²) in [5, 5.41) is 14.4. The molecule has 0 amide bonds. The van der Waals surface area contributed by atoms with Crippen molar-refractivity contribution in [1.82, 2.24) is 9.78 Å². The molecule has 5 heteroatoms. The molecule has 0 atom stereocenters. The van der Waals surface area contributed by atoms with E-state index >= 15 is 0 Å². The summed E-state index contributed by atoms with van der Waals surface area (Å²) in [6.45, 7) is 4.85. The molecule has 1 aromatic heterocycles. The van der Waals surface area contributed by atoms with E-state index in [0.717, 1.165) is 23.6 Å². The quantitative estimate of drug-likeness (QED) is 0.797. The van der Waals surface area contributed by atoms with Gasteiger partial charge >= 0.3 is 5.97 Å². The Bertz CT molecular complexity index is 605. The van der Waals surface area contributed by atoms with Crippen LogP contribution in [-0.2, 0) is 17.8 Å². The Balaban J connectivity index is 2.18. The van der Waals surface area contributed by atoms with Gasteiger partial charge in [-0.1, -0.05) is 54.9 Å². The SMILES string of the molecule is CCCc1cc(SCC(=O)O)n(Cc2ccc(C)cc2)n1. The molecule has 0 spiro atoms. The van der Waals surface area contributed by atoms with Crippen molar-refractivity contribution in [3.8, 4) is 0 Å². The second kappa shape index (κ2) is 7.31. The number of aryl methyl sites for hydroxylation is 2. The molecule has 0 saturated carbocycles. The Morgan fingerprint density at radius 3 is 2.67 bits per heavy atom. The number of aromatic nitrogens is 2. The van der Waals surface area contributed by atoms with Crippen LogP contribution in [0.25, 0.3) is 0 Å². The number of nitrogens with zero attached hydrogens (tertiary/aromatic N) is 2. The first kappa shape index (κ1) is 15.6. The van der Waals surface area contributed by atoms with E-state index in [1.54, 1.807) is 0 Å². The molecule has 2 rings (SSSR count). The molecule has 0 aliphatic carbocycles. The topological polar surface area (TPSA) is 55.1 Å². The van der Waals surface area contributed by atoms with E-state index in [4.69, 9.17) is 5.11 Å². The van der Waals surface area contributed by atoms with Crippen LogP contribution in [0.2, 0.25) is 0 Å². The van der Waals surface area contributed by atoms with Crippen molar-refractivity contribution >= 4 is 17.7 Å². The molecule has 112 valence electrons. The number of hydrogen-bond donors (Lipinski definition) is 1. The lowest BCUT2D eigenvalue weighted by molar-refractivity contribution is -0.133. The molecule has 0 aliphatic heterocycles. The summed E-state index contributed by atoms with van der Waals surface area (Å²) in [4.78, 5) is 10.8. The van der Waals surface area contributed by atoms with Crippen LogP contribution < -0.4 is 0 Å². The average Bonchev–Trinajstić information content (AvgIpc) is 2.81. The fourth-order valence-electron chi connectivity index (χ4n) is 2.06. The second-order valence-corrected chi connectivity index (χ2v) is 6.05. The molecule has 0 fully saturated rings. The highest BCUT2D eigenvalue weighted by Crippen LogP contribution is 2.21. The van der Waals surface area contributed by atoms with Crippen molar-refractivity contribution in [2.45, 2.75) is 38.3 Å². The zero-order chi connectivity index (χ0) is 15.2. The average molecular weight is 304 g/mol. The summed E-state index contributed by atoms with van der Waals surface area (Å²) in [6, 6.07) is 10.3. The molecule has 0 bridgehead atoms. The summed E-state index contributed by atoms with van der Waals surface area (Å²) in [6.07, 6.45) is 1.95. The number of carboxylic acids is 1. The van der Waals surface area contributed by atoms with Crippen LogP contribution in [0.15, 0.2) is 35.4 Å². The highest BCUT2D eigenvalue weighted by Gasteiger charge is 2.10. The smallest absolute Gasteiger partial charge is 0.313 e. The predicted octanol–water partition coefficient (Wildman–Crippen LogP) is 3.37. The Morgan fingerprint density at radius 1 is 1.33 bits per heavy atom. The number of carboxylic acid groups (broad SMARTS) is 1. The molecule has 4 nitrogen and oxygen atoms in total.